The number of para-hydroxylation sites is 1. The van der Waals surface area contributed by atoms with Gasteiger partial charge in [0.25, 0.3) is 5.56 Å². The summed E-state index contributed by atoms with van der Waals surface area (Å²) in [4.78, 5) is 29.0. The highest BCUT2D eigenvalue weighted by Crippen LogP contribution is 2.28. The number of fused-ring (bicyclic) bond motifs is 1. The fraction of sp³-hybridized carbons (Fsp3) is 0.238. The Bertz CT molecular complexity index is 1020. The van der Waals surface area contributed by atoms with Gasteiger partial charge in [-0.05, 0) is 36.4 Å². The van der Waals surface area contributed by atoms with Crippen LogP contribution in [-0.2, 0) is 4.79 Å². The molecule has 1 aromatic heterocycles. The molecule has 4 rings (SSSR count). The van der Waals surface area contributed by atoms with Crippen molar-refractivity contribution in [2.45, 2.75) is 0 Å². The highest BCUT2D eigenvalue weighted by atomic mass is 16.5. The molecule has 28 heavy (non-hydrogen) atoms. The number of amides is 1. The zero-order chi connectivity index (χ0) is 19.3. The van der Waals surface area contributed by atoms with Gasteiger partial charge in [0.2, 0.25) is 5.91 Å². The molecular weight excluding hydrogens is 356 g/mol. The molecule has 144 valence electrons. The molecule has 0 radical (unpaired) electrons. The predicted molar refractivity (Wildman–Crippen MR) is 109 cm³/mol. The number of nitrogens with one attached hydrogen (secondary N) is 3. The van der Waals surface area contributed by atoms with Crippen LogP contribution in [0.25, 0.3) is 10.9 Å². The summed E-state index contributed by atoms with van der Waals surface area (Å²) in [6, 6.07) is 16.1. The van der Waals surface area contributed by atoms with Crippen molar-refractivity contribution in [2.24, 2.45) is 0 Å². The standard InChI is InChI=1S/C21H22N4O3/c26-20-13-19(17-3-1-2-4-18(17)24-20)28-16-7-5-15(6-8-16)23-21(27)14-25-11-9-22-10-12-25/h1-8,13,22H,9-12,14H2,(H,23,27)(H,24,26). The van der Waals surface area contributed by atoms with Gasteiger partial charge in [-0.15, -0.1) is 0 Å². The molecule has 7 nitrogen and oxygen atoms in total. The first-order valence-electron chi connectivity index (χ1n) is 9.30. The van der Waals surface area contributed by atoms with Crippen molar-refractivity contribution >= 4 is 22.5 Å². The second-order valence-corrected chi connectivity index (χ2v) is 6.74. The Morgan fingerprint density at radius 2 is 1.82 bits per heavy atom. The maximum Gasteiger partial charge on any atom is 0.252 e. The number of piperazine rings is 1. The fourth-order valence-electron chi connectivity index (χ4n) is 3.26. The first-order chi connectivity index (χ1) is 13.7. The molecule has 1 aliphatic rings. The molecule has 2 heterocycles. The van der Waals surface area contributed by atoms with Gasteiger partial charge in [0.05, 0.1) is 12.1 Å². The van der Waals surface area contributed by atoms with E-state index in [1.807, 2.05) is 24.3 Å². The lowest BCUT2D eigenvalue weighted by atomic mass is 10.2. The van der Waals surface area contributed by atoms with Crippen LogP contribution in [0.2, 0.25) is 0 Å². The average molecular weight is 378 g/mol. The van der Waals surface area contributed by atoms with E-state index >= 15 is 0 Å². The normalized spacial score (nSPS) is 14.7. The van der Waals surface area contributed by atoms with Crippen molar-refractivity contribution in [3.05, 3.63) is 65.0 Å². The lowest BCUT2D eigenvalue weighted by Gasteiger charge is -2.26. The number of carbonyl (C=O) groups excluding carboxylic acids is 1. The molecule has 1 fully saturated rings. The van der Waals surface area contributed by atoms with E-state index in [0.717, 1.165) is 37.1 Å². The van der Waals surface area contributed by atoms with Crippen LogP contribution < -0.4 is 20.9 Å². The van der Waals surface area contributed by atoms with Gasteiger partial charge in [0.15, 0.2) is 0 Å². The van der Waals surface area contributed by atoms with Gasteiger partial charge in [-0.2, -0.15) is 0 Å². The number of anilines is 1. The van der Waals surface area contributed by atoms with Crippen LogP contribution in [0.5, 0.6) is 11.5 Å². The molecule has 3 aromatic rings. The zero-order valence-corrected chi connectivity index (χ0v) is 15.4. The van der Waals surface area contributed by atoms with Crippen LogP contribution in [0, 0.1) is 0 Å². The maximum atomic E-state index is 12.2. The van der Waals surface area contributed by atoms with Crippen molar-refractivity contribution in [3.63, 3.8) is 0 Å². The third-order valence-electron chi connectivity index (χ3n) is 4.66. The number of hydrogen-bond donors (Lipinski definition) is 3. The van der Waals surface area contributed by atoms with Crippen molar-refractivity contribution in [3.8, 4) is 11.5 Å². The number of nitrogens with zero attached hydrogens (tertiary/aromatic N) is 1. The first-order valence-corrected chi connectivity index (χ1v) is 9.30. The van der Waals surface area contributed by atoms with E-state index in [4.69, 9.17) is 4.74 Å². The first kappa shape index (κ1) is 18.2. The summed E-state index contributed by atoms with van der Waals surface area (Å²) in [7, 11) is 0. The van der Waals surface area contributed by atoms with Crippen LogP contribution >= 0.6 is 0 Å². The zero-order valence-electron chi connectivity index (χ0n) is 15.4. The molecule has 0 aliphatic carbocycles. The quantitative estimate of drug-likeness (QED) is 0.633. The van der Waals surface area contributed by atoms with E-state index < -0.39 is 0 Å². The third-order valence-corrected chi connectivity index (χ3v) is 4.66. The van der Waals surface area contributed by atoms with Crippen LogP contribution in [0.1, 0.15) is 0 Å². The number of hydrogen-bond acceptors (Lipinski definition) is 5. The number of H-pyrrole nitrogens is 1. The fourth-order valence-corrected chi connectivity index (χ4v) is 3.26. The van der Waals surface area contributed by atoms with Gasteiger partial charge in [-0.3, -0.25) is 14.5 Å². The summed E-state index contributed by atoms with van der Waals surface area (Å²) >= 11 is 0. The Labute approximate surface area is 162 Å². The number of pyridine rings is 1. The Morgan fingerprint density at radius 1 is 1.07 bits per heavy atom. The molecular formula is C21H22N4O3. The number of ether oxygens (including phenoxy) is 1. The Kier molecular flexibility index (Phi) is 5.36. The number of rotatable bonds is 5. The number of benzene rings is 2. The monoisotopic (exact) mass is 378 g/mol. The second-order valence-electron chi connectivity index (χ2n) is 6.74. The number of aromatic amines is 1. The highest BCUT2D eigenvalue weighted by Gasteiger charge is 2.13. The highest BCUT2D eigenvalue weighted by molar-refractivity contribution is 5.92. The molecule has 0 spiro atoms. The van der Waals surface area contributed by atoms with Gasteiger partial charge in [-0.1, -0.05) is 12.1 Å². The van der Waals surface area contributed by atoms with Gasteiger partial charge in [-0.25, -0.2) is 0 Å². The lowest BCUT2D eigenvalue weighted by Crippen LogP contribution is -2.46. The molecule has 0 atom stereocenters. The van der Waals surface area contributed by atoms with Crippen molar-refractivity contribution in [1.29, 1.82) is 0 Å². The van der Waals surface area contributed by atoms with E-state index in [9.17, 15) is 9.59 Å². The van der Waals surface area contributed by atoms with Gasteiger partial charge < -0.3 is 20.4 Å². The van der Waals surface area contributed by atoms with E-state index in [0.29, 0.717) is 23.7 Å². The molecule has 3 N–H and O–H groups in total. The van der Waals surface area contributed by atoms with Crippen molar-refractivity contribution in [2.75, 3.05) is 38.0 Å². The smallest absolute Gasteiger partial charge is 0.252 e. The minimum absolute atomic E-state index is 0.0313. The number of carbonyl (C=O) groups is 1. The lowest BCUT2D eigenvalue weighted by molar-refractivity contribution is -0.117. The number of aromatic nitrogens is 1. The van der Waals surface area contributed by atoms with Crippen LogP contribution in [0.3, 0.4) is 0 Å². The van der Waals surface area contributed by atoms with E-state index in [2.05, 4.69) is 20.5 Å². The summed E-state index contributed by atoms with van der Waals surface area (Å²) in [6.07, 6.45) is 0. The van der Waals surface area contributed by atoms with E-state index in [-0.39, 0.29) is 11.5 Å². The minimum atomic E-state index is -0.217. The summed E-state index contributed by atoms with van der Waals surface area (Å²) in [5.74, 6) is 1.06. The molecule has 0 saturated carbocycles. The second kappa shape index (κ2) is 8.24. The van der Waals surface area contributed by atoms with Gasteiger partial charge in [0.1, 0.15) is 11.5 Å². The minimum Gasteiger partial charge on any atom is -0.456 e. The van der Waals surface area contributed by atoms with Crippen LogP contribution in [0.4, 0.5) is 5.69 Å². The van der Waals surface area contributed by atoms with Crippen molar-refractivity contribution in [1.82, 2.24) is 15.2 Å². The summed E-state index contributed by atoms with van der Waals surface area (Å²) in [5.41, 5.74) is 1.22. The van der Waals surface area contributed by atoms with Gasteiger partial charge >= 0.3 is 0 Å². The van der Waals surface area contributed by atoms with Crippen LogP contribution in [-0.4, -0.2) is 48.5 Å². The third kappa shape index (κ3) is 4.39. The Hall–Kier alpha value is -3.16. The SMILES string of the molecule is O=C(CN1CCNCC1)Nc1ccc(Oc2cc(=O)[nH]c3ccccc23)cc1. The summed E-state index contributed by atoms with van der Waals surface area (Å²) < 4.78 is 5.91. The molecule has 1 amide bonds. The Morgan fingerprint density at radius 3 is 2.61 bits per heavy atom. The van der Waals surface area contributed by atoms with E-state index in [1.165, 1.54) is 6.07 Å². The molecule has 2 aromatic carbocycles. The molecule has 7 heteroatoms. The van der Waals surface area contributed by atoms with Gasteiger partial charge in [0, 0.05) is 43.3 Å². The molecule has 0 unspecified atom stereocenters. The van der Waals surface area contributed by atoms with Crippen molar-refractivity contribution < 1.29 is 9.53 Å². The average Bonchev–Trinajstić information content (AvgIpc) is 2.70. The molecule has 1 saturated heterocycles. The molecule has 0 bridgehead atoms. The van der Waals surface area contributed by atoms with Crippen LogP contribution in [0.15, 0.2) is 59.4 Å². The maximum absolute atomic E-state index is 12.2. The summed E-state index contributed by atoms with van der Waals surface area (Å²) in [6.45, 7) is 3.97. The molecule has 1 aliphatic heterocycles. The largest absolute Gasteiger partial charge is 0.456 e. The Balaban J connectivity index is 1.42. The topological polar surface area (TPSA) is 86.5 Å². The van der Waals surface area contributed by atoms with E-state index in [1.54, 1.807) is 24.3 Å². The predicted octanol–water partition coefficient (Wildman–Crippen LogP) is 2.16. The summed E-state index contributed by atoms with van der Waals surface area (Å²) in [5, 5.41) is 7.01.